The average Bonchev–Trinajstić information content (AvgIpc) is 3.14. The Hall–Kier alpha value is -3.31. The number of nitriles is 1. The van der Waals surface area contributed by atoms with E-state index in [4.69, 9.17) is 5.26 Å². The predicted molar refractivity (Wildman–Crippen MR) is 104 cm³/mol. The molecule has 3 aromatic heterocycles. The molecule has 0 aromatic carbocycles. The molecule has 1 aliphatic heterocycles. The van der Waals surface area contributed by atoms with Gasteiger partial charge in [0.2, 0.25) is 0 Å². The van der Waals surface area contributed by atoms with Crippen LogP contribution >= 0.6 is 0 Å². The number of piperidine rings is 1. The van der Waals surface area contributed by atoms with E-state index in [-0.39, 0.29) is 6.04 Å². The van der Waals surface area contributed by atoms with Crippen molar-refractivity contribution < 1.29 is 0 Å². The van der Waals surface area contributed by atoms with Gasteiger partial charge in [-0.1, -0.05) is 6.42 Å². The van der Waals surface area contributed by atoms with Crippen molar-refractivity contribution in [3.8, 4) is 6.07 Å². The van der Waals surface area contributed by atoms with Gasteiger partial charge in [0, 0.05) is 19.8 Å². The van der Waals surface area contributed by atoms with Crippen LogP contribution in [0.2, 0.25) is 0 Å². The van der Waals surface area contributed by atoms with Crippen LogP contribution in [0.4, 0.5) is 11.5 Å². The fourth-order valence-corrected chi connectivity index (χ4v) is 3.53. The third kappa shape index (κ3) is 4.15. The van der Waals surface area contributed by atoms with Gasteiger partial charge in [-0.2, -0.15) is 5.26 Å². The van der Waals surface area contributed by atoms with Crippen LogP contribution < -0.4 is 5.32 Å². The summed E-state index contributed by atoms with van der Waals surface area (Å²) in [6.07, 6.45) is 12.6. The lowest BCUT2D eigenvalue weighted by Crippen LogP contribution is -2.33. The summed E-state index contributed by atoms with van der Waals surface area (Å²) in [5.74, 6) is 0.655. The number of nitrogens with zero attached hydrogens (tertiary/aromatic N) is 7. The Bertz CT molecular complexity index is 955. The Morgan fingerprint density at radius 3 is 2.75 bits per heavy atom. The molecular weight excluding hydrogens is 352 g/mol. The molecule has 0 bridgehead atoms. The number of hydrogen-bond donors (Lipinski definition) is 1. The Balaban J connectivity index is 1.45. The number of likely N-dealkylation sites (tertiary alicyclic amines) is 1. The zero-order valence-electron chi connectivity index (χ0n) is 15.8. The minimum absolute atomic E-state index is 0.258. The summed E-state index contributed by atoms with van der Waals surface area (Å²) in [7, 11) is 1.99. The summed E-state index contributed by atoms with van der Waals surface area (Å²) in [5.41, 5.74) is 3.22. The van der Waals surface area contributed by atoms with Gasteiger partial charge < -0.3 is 9.88 Å². The van der Waals surface area contributed by atoms with Gasteiger partial charge in [-0.25, -0.2) is 15.0 Å². The molecule has 1 atom stereocenters. The fourth-order valence-electron chi connectivity index (χ4n) is 3.53. The first-order chi connectivity index (χ1) is 13.7. The van der Waals surface area contributed by atoms with E-state index in [9.17, 15) is 0 Å². The lowest BCUT2D eigenvalue weighted by molar-refractivity contribution is 0.135. The molecule has 1 unspecified atom stereocenters. The minimum atomic E-state index is 0.258. The molecular formula is C20H22N8. The van der Waals surface area contributed by atoms with E-state index >= 15 is 0 Å². The predicted octanol–water partition coefficient (Wildman–Crippen LogP) is 2.95. The SMILES string of the molecule is Cn1cnc(CN2CCCCC2c2cnc(Nc3ccc(C#N)nc3)cn2)c1. The Morgan fingerprint density at radius 1 is 1.14 bits per heavy atom. The number of aromatic nitrogens is 5. The molecule has 8 heteroatoms. The zero-order chi connectivity index (χ0) is 19.3. The maximum atomic E-state index is 8.82. The van der Waals surface area contributed by atoms with Gasteiger partial charge in [0.15, 0.2) is 0 Å². The maximum Gasteiger partial charge on any atom is 0.148 e. The van der Waals surface area contributed by atoms with E-state index in [1.165, 1.54) is 12.8 Å². The summed E-state index contributed by atoms with van der Waals surface area (Å²) in [5, 5.41) is 12.0. The van der Waals surface area contributed by atoms with Crippen molar-refractivity contribution >= 4 is 11.5 Å². The molecule has 142 valence electrons. The summed E-state index contributed by atoms with van der Waals surface area (Å²) >= 11 is 0. The van der Waals surface area contributed by atoms with Crippen LogP contribution in [0, 0.1) is 11.3 Å². The third-order valence-electron chi connectivity index (χ3n) is 4.90. The lowest BCUT2D eigenvalue weighted by Gasteiger charge is -2.34. The number of rotatable bonds is 5. The average molecular weight is 374 g/mol. The first kappa shape index (κ1) is 18.1. The van der Waals surface area contributed by atoms with E-state index < -0.39 is 0 Å². The van der Waals surface area contributed by atoms with Crippen molar-refractivity contribution in [2.45, 2.75) is 31.8 Å². The van der Waals surface area contributed by atoms with Crippen molar-refractivity contribution in [1.82, 2.24) is 29.4 Å². The second-order valence-corrected chi connectivity index (χ2v) is 7.01. The van der Waals surface area contributed by atoms with Crippen molar-refractivity contribution in [2.75, 3.05) is 11.9 Å². The molecule has 1 fully saturated rings. The van der Waals surface area contributed by atoms with Crippen LogP contribution in [0.5, 0.6) is 0 Å². The molecule has 1 aliphatic rings. The molecule has 0 spiro atoms. The molecule has 1 saturated heterocycles. The molecule has 3 aromatic rings. The van der Waals surface area contributed by atoms with Crippen LogP contribution in [0.1, 0.15) is 42.4 Å². The van der Waals surface area contributed by atoms with Crippen LogP contribution in [-0.2, 0) is 13.6 Å². The minimum Gasteiger partial charge on any atom is -0.340 e. The normalized spacial score (nSPS) is 17.2. The van der Waals surface area contributed by atoms with E-state index in [0.29, 0.717) is 11.5 Å². The van der Waals surface area contributed by atoms with Crippen LogP contribution in [0.25, 0.3) is 0 Å². The Morgan fingerprint density at radius 2 is 2.07 bits per heavy atom. The molecule has 0 radical (unpaired) electrons. The van der Waals surface area contributed by atoms with Gasteiger partial charge in [-0.05, 0) is 31.5 Å². The fraction of sp³-hybridized carbons (Fsp3) is 0.350. The van der Waals surface area contributed by atoms with E-state index in [2.05, 4.69) is 36.3 Å². The van der Waals surface area contributed by atoms with Gasteiger partial charge >= 0.3 is 0 Å². The van der Waals surface area contributed by atoms with Gasteiger partial charge in [-0.3, -0.25) is 9.88 Å². The molecule has 0 aliphatic carbocycles. The van der Waals surface area contributed by atoms with Gasteiger partial charge in [0.05, 0.1) is 48.0 Å². The standard InChI is InChI=1S/C20H22N8/c1-27-12-17(25-14-27)13-28-7-3-2-4-19(28)18-10-24-20(11-23-18)26-16-6-5-15(8-21)22-9-16/h5-6,9-12,14,19H,2-4,7,13H2,1H3,(H,24,26). The summed E-state index contributed by atoms with van der Waals surface area (Å²) in [6, 6.07) is 5.74. The van der Waals surface area contributed by atoms with E-state index in [0.717, 1.165) is 36.6 Å². The number of pyridine rings is 1. The lowest BCUT2D eigenvalue weighted by atomic mass is 9.99. The number of anilines is 2. The van der Waals surface area contributed by atoms with Crippen LogP contribution in [0.15, 0.2) is 43.2 Å². The monoisotopic (exact) mass is 374 g/mol. The molecule has 0 amide bonds. The van der Waals surface area contributed by atoms with Crippen molar-refractivity contribution in [2.24, 2.45) is 7.05 Å². The smallest absolute Gasteiger partial charge is 0.148 e. The highest BCUT2D eigenvalue weighted by atomic mass is 15.2. The van der Waals surface area contributed by atoms with Crippen molar-refractivity contribution in [3.63, 3.8) is 0 Å². The van der Waals surface area contributed by atoms with Crippen molar-refractivity contribution in [3.05, 3.63) is 60.3 Å². The highest BCUT2D eigenvalue weighted by molar-refractivity contribution is 5.54. The largest absolute Gasteiger partial charge is 0.340 e. The maximum absolute atomic E-state index is 8.82. The number of aryl methyl sites for hydroxylation is 1. The first-order valence-corrected chi connectivity index (χ1v) is 9.37. The van der Waals surface area contributed by atoms with Crippen LogP contribution in [-0.4, -0.2) is 35.9 Å². The quantitative estimate of drug-likeness (QED) is 0.733. The highest BCUT2D eigenvalue weighted by Gasteiger charge is 2.26. The van der Waals surface area contributed by atoms with Gasteiger partial charge in [0.25, 0.3) is 0 Å². The molecule has 28 heavy (non-hydrogen) atoms. The highest BCUT2D eigenvalue weighted by Crippen LogP contribution is 2.30. The third-order valence-corrected chi connectivity index (χ3v) is 4.90. The molecule has 1 N–H and O–H groups in total. The summed E-state index contributed by atoms with van der Waals surface area (Å²) in [6.45, 7) is 1.87. The summed E-state index contributed by atoms with van der Waals surface area (Å²) < 4.78 is 1.98. The number of nitrogens with one attached hydrogen (secondary N) is 1. The topological polar surface area (TPSA) is 95.6 Å². The Labute approximate surface area is 163 Å². The summed E-state index contributed by atoms with van der Waals surface area (Å²) in [4.78, 5) is 20.1. The molecule has 4 rings (SSSR count). The molecule has 8 nitrogen and oxygen atoms in total. The van der Waals surface area contributed by atoms with Crippen LogP contribution in [0.3, 0.4) is 0 Å². The number of hydrogen-bond acceptors (Lipinski definition) is 7. The second kappa shape index (κ2) is 8.15. The van der Waals surface area contributed by atoms with E-state index in [1.807, 2.05) is 30.2 Å². The molecule has 4 heterocycles. The van der Waals surface area contributed by atoms with Gasteiger partial charge in [-0.15, -0.1) is 0 Å². The van der Waals surface area contributed by atoms with E-state index in [1.54, 1.807) is 24.5 Å². The zero-order valence-corrected chi connectivity index (χ0v) is 15.8. The second-order valence-electron chi connectivity index (χ2n) is 7.01. The first-order valence-electron chi connectivity index (χ1n) is 9.37. The van der Waals surface area contributed by atoms with Gasteiger partial charge in [0.1, 0.15) is 17.6 Å². The van der Waals surface area contributed by atoms with Crippen molar-refractivity contribution in [1.29, 1.82) is 5.26 Å². The number of imidazole rings is 1. The molecule has 0 saturated carbocycles. The Kier molecular flexibility index (Phi) is 5.26.